The number of rotatable bonds is 6. The van der Waals surface area contributed by atoms with Gasteiger partial charge in [0.25, 0.3) is 0 Å². The lowest BCUT2D eigenvalue weighted by molar-refractivity contribution is 0.618. The maximum absolute atomic E-state index is 5.69. The Hall–Kier alpha value is 0.01000. The van der Waals surface area contributed by atoms with Crippen molar-refractivity contribution in [1.82, 2.24) is 0 Å². The molecule has 0 aromatic heterocycles. The molecular formula is C12H18BrNS. The van der Waals surface area contributed by atoms with Crippen molar-refractivity contribution in [1.29, 1.82) is 0 Å². The number of unbranched alkanes of at least 4 members (excludes halogenated alkanes) is 1. The number of thioether (sulfide) groups is 1. The Morgan fingerprint density at radius 2 is 2.20 bits per heavy atom. The van der Waals surface area contributed by atoms with Crippen LogP contribution in [0.3, 0.4) is 0 Å². The fraction of sp³-hybridized carbons (Fsp3) is 0.500. The van der Waals surface area contributed by atoms with Crippen LogP contribution in [0.15, 0.2) is 33.6 Å². The van der Waals surface area contributed by atoms with Crippen molar-refractivity contribution in [2.24, 2.45) is 5.73 Å². The van der Waals surface area contributed by atoms with Crippen molar-refractivity contribution in [2.45, 2.75) is 37.1 Å². The fourth-order valence-corrected chi connectivity index (χ4v) is 2.84. The van der Waals surface area contributed by atoms with E-state index >= 15 is 0 Å². The molecule has 1 atom stereocenters. The van der Waals surface area contributed by atoms with Crippen LogP contribution in [0, 0.1) is 0 Å². The van der Waals surface area contributed by atoms with Crippen LogP contribution in [0.25, 0.3) is 0 Å². The summed E-state index contributed by atoms with van der Waals surface area (Å²) in [6.07, 6.45) is 3.62. The van der Waals surface area contributed by atoms with Gasteiger partial charge in [0.2, 0.25) is 0 Å². The second-order valence-corrected chi connectivity index (χ2v) is 5.86. The molecule has 0 aliphatic carbocycles. The summed E-state index contributed by atoms with van der Waals surface area (Å²) >= 11 is 5.39. The van der Waals surface area contributed by atoms with E-state index in [1.165, 1.54) is 23.5 Å². The van der Waals surface area contributed by atoms with E-state index in [4.69, 9.17) is 5.73 Å². The molecule has 1 aromatic carbocycles. The summed E-state index contributed by atoms with van der Waals surface area (Å²) in [6.45, 7) is 2.07. The average molecular weight is 288 g/mol. The van der Waals surface area contributed by atoms with E-state index in [2.05, 4.69) is 47.1 Å². The van der Waals surface area contributed by atoms with E-state index < -0.39 is 0 Å². The SMILES string of the molecule is CC(N)CCCCSc1cccc(Br)c1. The van der Waals surface area contributed by atoms with Crippen LogP contribution < -0.4 is 5.73 Å². The van der Waals surface area contributed by atoms with Gasteiger partial charge in [-0.25, -0.2) is 0 Å². The molecule has 1 unspecified atom stereocenters. The van der Waals surface area contributed by atoms with Gasteiger partial charge in [-0.05, 0) is 43.7 Å². The molecule has 0 heterocycles. The highest BCUT2D eigenvalue weighted by molar-refractivity contribution is 9.10. The third-order valence-corrected chi connectivity index (χ3v) is 3.69. The van der Waals surface area contributed by atoms with Crippen molar-refractivity contribution in [3.8, 4) is 0 Å². The lowest BCUT2D eigenvalue weighted by Crippen LogP contribution is -2.13. The van der Waals surface area contributed by atoms with Crippen LogP contribution >= 0.6 is 27.7 Å². The highest BCUT2D eigenvalue weighted by Gasteiger charge is 1.97. The summed E-state index contributed by atoms with van der Waals surface area (Å²) in [5, 5.41) is 0. The molecule has 0 radical (unpaired) electrons. The van der Waals surface area contributed by atoms with Gasteiger partial charge >= 0.3 is 0 Å². The van der Waals surface area contributed by atoms with Gasteiger partial charge in [-0.15, -0.1) is 11.8 Å². The second-order valence-electron chi connectivity index (χ2n) is 3.78. The molecule has 0 saturated heterocycles. The molecule has 0 fully saturated rings. The molecular weight excluding hydrogens is 270 g/mol. The van der Waals surface area contributed by atoms with Crippen molar-refractivity contribution < 1.29 is 0 Å². The first-order valence-corrected chi connectivity index (χ1v) is 7.10. The number of hydrogen-bond donors (Lipinski definition) is 1. The maximum Gasteiger partial charge on any atom is 0.0186 e. The first-order valence-electron chi connectivity index (χ1n) is 5.32. The Bertz CT molecular complexity index is 289. The maximum atomic E-state index is 5.69. The fourth-order valence-electron chi connectivity index (χ4n) is 1.32. The molecule has 15 heavy (non-hydrogen) atoms. The molecule has 84 valence electrons. The van der Waals surface area contributed by atoms with E-state index in [0.717, 1.165) is 10.9 Å². The van der Waals surface area contributed by atoms with E-state index in [0.29, 0.717) is 6.04 Å². The van der Waals surface area contributed by atoms with Gasteiger partial charge in [-0.1, -0.05) is 28.4 Å². The van der Waals surface area contributed by atoms with Crippen LogP contribution in [-0.2, 0) is 0 Å². The summed E-state index contributed by atoms with van der Waals surface area (Å²) in [5.41, 5.74) is 5.69. The van der Waals surface area contributed by atoms with Gasteiger partial charge in [-0.2, -0.15) is 0 Å². The first-order chi connectivity index (χ1) is 7.18. The van der Waals surface area contributed by atoms with Crippen LogP contribution in [0.2, 0.25) is 0 Å². The van der Waals surface area contributed by atoms with Crippen LogP contribution in [0.4, 0.5) is 0 Å². The molecule has 0 aliphatic heterocycles. The highest BCUT2D eigenvalue weighted by Crippen LogP contribution is 2.22. The zero-order valence-corrected chi connectivity index (χ0v) is 11.5. The molecule has 3 heteroatoms. The summed E-state index contributed by atoms with van der Waals surface area (Å²) in [5.74, 6) is 1.18. The minimum atomic E-state index is 0.348. The highest BCUT2D eigenvalue weighted by atomic mass is 79.9. The van der Waals surface area contributed by atoms with Gasteiger partial charge in [0, 0.05) is 15.4 Å². The molecule has 2 N–H and O–H groups in total. The Labute approximate surface area is 105 Å². The second kappa shape index (κ2) is 7.31. The third-order valence-electron chi connectivity index (χ3n) is 2.12. The van der Waals surface area contributed by atoms with Gasteiger partial charge in [0.05, 0.1) is 0 Å². The first kappa shape index (κ1) is 13.1. The van der Waals surface area contributed by atoms with E-state index in [1.807, 2.05) is 11.8 Å². The van der Waals surface area contributed by atoms with Crippen molar-refractivity contribution in [3.63, 3.8) is 0 Å². The summed E-state index contributed by atoms with van der Waals surface area (Å²) in [7, 11) is 0. The predicted octanol–water partition coefficient (Wildman–Crippen LogP) is 4.06. The topological polar surface area (TPSA) is 26.0 Å². The summed E-state index contributed by atoms with van der Waals surface area (Å²) in [6, 6.07) is 8.80. The molecule has 1 nitrogen and oxygen atoms in total. The zero-order valence-electron chi connectivity index (χ0n) is 9.08. The lowest BCUT2D eigenvalue weighted by Gasteiger charge is -2.04. The summed E-state index contributed by atoms with van der Waals surface area (Å²) < 4.78 is 1.16. The molecule has 0 spiro atoms. The largest absolute Gasteiger partial charge is 0.328 e. The minimum Gasteiger partial charge on any atom is -0.328 e. The van der Waals surface area contributed by atoms with Crippen molar-refractivity contribution in [3.05, 3.63) is 28.7 Å². The van der Waals surface area contributed by atoms with Gasteiger partial charge in [0.1, 0.15) is 0 Å². The Balaban J connectivity index is 2.15. The van der Waals surface area contributed by atoms with Gasteiger partial charge < -0.3 is 5.73 Å². The Kier molecular flexibility index (Phi) is 6.37. The van der Waals surface area contributed by atoms with Crippen molar-refractivity contribution in [2.75, 3.05) is 5.75 Å². The normalized spacial score (nSPS) is 12.7. The monoisotopic (exact) mass is 287 g/mol. The van der Waals surface area contributed by atoms with Crippen LogP contribution in [0.5, 0.6) is 0 Å². The molecule has 0 bridgehead atoms. The van der Waals surface area contributed by atoms with Crippen LogP contribution in [0.1, 0.15) is 26.2 Å². The third kappa shape index (κ3) is 6.23. The number of nitrogens with two attached hydrogens (primary N) is 1. The lowest BCUT2D eigenvalue weighted by atomic mass is 10.2. The number of benzene rings is 1. The van der Waals surface area contributed by atoms with E-state index in [9.17, 15) is 0 Å². The molecule has 0 saturated carbocycles. The average Bonchev–Trinajstić information content (AvgIpc) is 2.17. The minimum absolute atomic E-state index is 0.348. The molecule has 1 rings (SSSR count). The van der Waals surface area contributed by atoms with E-state index in [-0.39, 0.29) is 0 Å². The predicted molar refractivity (Wildman–Crippen MR) is 72.4 cm³/mol. The summed E-state index contributed by atoms with van der Waals surface area (Å²) in [4.78, 5) is 1.34. The van der Waals surface area contributed by atoms with Crippen molar-refractivity contribution >= 4 is 27.7 Å². The standard InChI is InChI=1S/C12H18BrNS/c1-10(14)5-2-3-8-15-12-7-4-6-11(13)9-12/h4,6-7,9-10H,2-3,5,8,14H2,1H3. The Morgan fingerprint density at radius 3 is 2.87 bits per heavy atom. The van der Waals surface area contributed by atoms with E-state index in [1.54, 1.807) is 0 Å². The molecule has 0 aliphatic rings. The van der Waals surface area contributed by atoms with Gasteiger partial charge in [-0.3, -0.25) is 0 Å². The smallest absolute Gasteiger partial charge is 0.0186 e. The van der Waals surface area contributed by atoms with Crippen LogP contribution in [-0.4, -0.2) is 11.8 Å². The molecule has 0 amide bonds. The number of halogens is 1. The molecule has 1 aromatic rings. The van der Waals surface area contributed by atoms with Gasteiger partial charge in [0.15, 0.2) is 0 Å². The number of hydrogen-bond acceptors (Lipinski definition) is 2. The zero-order chi connectivity index (χ0) is 11.1. The Morgan fingerprint density at radius 1 is 1.40 bits per heavy atom. The quantitative estimate of drug-likeness (QED) is 0.631.